The van der Waals surface area contributed by atoms with Gasteiger partial charge in [0.25, 0.3) is 0 Å². The zero-order valence-electron chi connectivity index (χ0n) is 10.1. The third kappa shape index (κ3) is 6.58. The number of rotatable bonds is 8. The minimum absolute atomic E-state index is 0.219. The van der Waals surface area contributed by atoms with Crippen LogP contribution in [0.15, 0.2) is 28.7 Å². The highest BCUT2D eigenvalue weighted by Gasteiger charge is 2.01. The minimum atomic E-state index is -0.219. The molecule has 0 heterocycles. The summed E-state index contributed by atoms with van der Waals surface area (Å²) in [5.74, 6) is 0.509. The predicted octanol–water partition coefficient (Wildman–Crippen LogP) is 1.91. The van der Waals surface area contributed by atoms with E-state index in [1.54, 1.807) is 7.11 Å². The summed E-state index contributed by atoms with van der Waals surface area (Å²) >= 11 is 3.33. The van der Waals surface area contributed by atoms with Crippen molar-refractivity contribution in [3.63, 3.8) is 0 Å². The van der Waals surface area contributed by atoms with Gasteiger partial charge in [-0.1, -0.05) is 15.9 Å². The van der Waals surface area contributed by atoms with Crippen molar-refractivity contribution in [2.45, 2.75) is 6.42 Å². The van der Waals surface area contributed by atoms with Crippen molar-refractivity contribution in [1.82, 2.24) is 5.48 Å². The van der Waals surface area contributed by atoms with Crippen molar-refractivity contribution in [2.75, 3.05) is 26.9 Å². The van der Waals surface area contributed by atoms with Crippen LogP contribution in [0.1, 0.15) is 6.42 Å². The fraction of sp³-hybridized carbons (Fsp3) is 0.417. The Balaban J connectivity index is 2.10. The van der Waals surface area contributed by atoms with Gasteiger partial charge in [0.05, 0.1) is 26.2 Å². The van der Waals surface area contributed by atoms with E-state index in [0.717, 1.165) is 10.2 Å². The molecular weight excluding hydrogens is 302 g/mol. The first-order valence-corrected chi connectivity index (χ1v) is 6.29. The molecule has 5 nitrogen and oxygen atoms in total. The van der Waals surface area contributed by atoms with E-state index in [9.17, 15) is 4.79 Å². The molecule has 0 unspecified atom stereocenters. The second-order valence-corrected chi connectivity index (χ2v) is 4.33. The number of halogens is 1. The van der Waals surface area contributed by atoms with E-state index >= 15 is 0 Å². The highest BCUT2D eigenvalue weighted by Crippen LogP contribution is 2.15. The number of methoxy groups -OCH3 is 1. The number of hydrogen-bond donors (Lipinski definition) is 1. The van der Waals surface area contributed by atoms with Crippen LogP contribution in [0.25, 0.3) is 0 Å². The summed E-state index contributed by atoms with van der Waals surface area (Å²) in [7, 11) is 1.57. The third-order valence-electron chi connectivity index (χ3n) is 1.99. The molecule has 0 atom stereocenters. The molecule has 0 saturated carbocycles. The van der Waals surface area contributed by atoms with Gasteiger partial charge in [-0.25, -0.2) is 5.48 Å². The van der Waals surface area contributed by atoms with E-state index in [0.29, 0.717) is 19.8 Å². The molecule has 0 bridgehead atoms. The molecule has 1 N–H and O–H groups in total. The van der Waals surface area contributed by atoms with E-state index in [1.807, 2.05) is 24.3 Å². The van der Waals surface area contributed by atoms with Crippen molar-refractivity contribution >= 4 is 21.8 Å². The van der Waals surface area contributed by atoms with Gasteiger partial charge in [-0.3, -0.25) is 9.63 Å². The summed E-state index contributed by atoms with van der Waals surface area (Å²) in [6, 6.07) is 7.42. The number of carbonyl (C=O) groups is 1. The van der Waals surface area contributed by atoms with Crippen LogP contribution >= 0.6 is 15.9 Å². The Morgan fingerprint density at radius 1 is 1.22 bits per heavy atom. The number of hydrogen-bond acceptors (Lipinski definition) is 4. The number of nitrogens with one attached hydrogen (secondary N) is 1. The lowest BCUT2D eigenvalue weighted by Crippen LogP contribution is -2.26. The summed E-state index contributed by atoms with van der Waals surface area (Å²) in [6.07, 6.45) is 0.239. The molecule has 18 heavy (non-hydrogen) atoms. The van der Waals surface area contributed by atoms with Crippen LogP contribution in [0, 0.1) is 0 Å². The van der Waals surface area contributed by atoms with Gasteiger partial charge >= 0.3 is 0 Å². The van der Waals surface area contributed by atoms with Crippen molar-refractivity contribution in [1.29, 1.82) is 0 Å². The molecule has 0 aliphatic carbocycles. The lowest BCUT2D eigenvalue weighted by atomic mass is 10.3. The number of hydroxylamine groups is 1. The Labute approximate surface area is 114 Å². The molecule has 0 aliphatic heterocycles. The normalized spacial score (nSPS) is 10.1. The molecule has 1 aromatic carbocycles. The van der Waals surface area contributed by atoms with Gasteiger partial charge in [0.15, 0.2) is 0 Å². The Morgan fingerprint density at radius 3 is 2.61 bits per heavy atom. The van der Waals surface area contributed by atoms with Crippen molar-refractivity contribution in [3.8, 4) is 5.75 Å². The van der Waals surface area contributed by atoms with Gasteiger partial charge < -0.3 is 9.47 Å². The second kappa shape index (κ2) is 8.91. The Morgan fingerprint density at radius 2 is 1.94 bits per heavy atom. The van der Waals surface area contributed by atoms with E-state index in [-0.39, 0.29) is 12.3 Å². The lowest BCUT2D eigenvalue weighted by Gasteiger charge is -2.07. The first kappa shape index (κ1) is 14.9. The average molecular weight is 318 g/mol. The van der Waals surface area contributed by atoms with Crippen LogP contribution in [0.2, 0.25) is 0 Å². The van der Waals surface area contributed by atoms with Crippen LogP contribution in [0.4, 0.5) is 0 Å². The van der Waals surface area contributed by atoms with Crippen LogP contribution in [0.5, 0.6) is 5.75 Å². The lowest BCUT2D eigenvalue weighted by molar-refractivity contribution is -0.135. The molecule has 0 spiro atoms. The van der Waals surface area contributed by atoms with E-state index in [4.69, 9.17) is 14.3 Å². The van der Waals surface area contributed by atoms with Crippen LogP contribution in [-0.4, -0.2) is 32.8 Å². The van der Waals surface area contributed by atoms with Gasteiger partial charge in [0, 0.05) is 11.6 Å². The summed E-state index contributed by atoms with van der Waals surface area (Å²) in [6.45, 7) is 1.08. The average Bonchev–Trinajstić information content (AvgIpc) is 2.37. The number of carbonyl (C=O) groups excluding carboxylic acids is 1. The molecule has 1 aromatic rings. The molecule has 0 fully saturated rings. The standard InChI is InChI=1S/C12H16BrNO4/c1-16-8-9-18-14-12(15)6-7-17-11-4-2-10(13)3-5-11/h2-5H,6-9H2,1H3,(H,14,15). The largest absolute Gasteiger partial charge is 0.493 e. The monoisotopic (exact) mass is 317 g/mol. The first-order chi connectivity index (χ1) is 8.72. The van der Waals surface area contributed by atoms with Gasteiger partial charge in [-0.05, 0) is 24.3 Å². The number of ether oxygens (including phenoxy) is 2. The quantitative estimate of drug-likeness (QED) is 0.588. The number of benzene rings is 1. The highest BCUT2D eigenvalue weighted by atomic mass is 79.9. The molecule has 0 aliphatic rings. The van der Waals surface area contributed by atoms with Crippen LogP contribution in [0.3, 0.4) is 0 Å². The smallest absolute Gasteiger partial charge is 0.246 e. The summed E-state index contributed by atoms with van der Waals surface area (Å²) in [5, 5.41) is 0. The molecule has 0 radical (unpaired) electrons. The first-order valence-electron chi connectivity index (χ1n) is 5.50. The maximum Gasteiger partial charge on any atom is 0.246 e. The minimum Gasteiger partial charge on any atom is -0.493 e. The van der Waals surface area contributed by atoms with E-state index < -0.39 is 0 Å². The molecule has 1 rings (SSSR count). The summed E-state index contributed by atoms with van der Waals surface area (Å²) in [4.78, 5) is 16.2. The van der Waals surface area contributed by atoms with Crippen LogP contribution < -0.4 is 10.2 Å². The molecule has 6 heteroatoms. The molecule has 100 valence electrons. The Hall–Kier alpha value is -1.11. The third-order valence-corrected chi connectivity index (χ3v) is 2.52. The van der Waals surface area contributed by atoms with Gasteiger partial charge in [-0.15, -0.1) is 0 Å². The number of amides is 1. The fourth-order valence-electron chi connectivity index (χ4n) is 1.10. The maximum atomic E-state index is 11.3. The zero-order valence-corrected chi connectivity index (χ0v) is 11.7. The van der Waals surface area contributed by atoms with Crippen molar-refractivity contribution < 1.29 is 19.1 Å². The van der Waals surface area contributed by atoms with E-state index in [1.165, 1.54) is 0 Å². The summed E-state index contributed by atoms with van der Waals surface area (Å²) in [5.41, 5.74) is 2.31. The highest BCUT2D eigenvalue weighted by molar-refractivity contribution is 9.10. The molecule has 0 aromatic heterocycles. The van der Waals surface area contributed by atoms with Crippen molar-refractivity contribution in [3.05, 3.63) is 28.7 Å². The SMILES string of the molecule is COCCONC(=O)CCOc1ccc(Br)cc1. The topological polar surface area (TPSA) is 56.8 Å². The molecular formula is C12H16BrNO4. The van der Waals surface area contributed by atoms with Gasteiger partial charge in [-0.2, -0.15) is 0 Å². The Kier molecular flexibility index (Phi) is 7.40. The van der Waals surface area contributed by atoms with E-state index in [2.05, 4.69) is 21.4 Å². The van der Waals surface area contributed by atoms with Gasteiger partial charge in [0.1, 0.15) is 5.75 Å². The Bertz CT molecular complexity index is 356. The maximum absolute atomic E-state index is 11.3. The fourth-order valence-corrected chi connectivity index (χ4v) is 1.36. The summed E-state index contributed by atoms with van der Waals surface area (Å²) < 4.78 is 11.1. The zero-order chi connectivity index (χ0) is 13.2. The van der Waals surface area contributed by atoms with Crippen LogP contribution in [-0.2, 0) is 14.4 Å². The molecule has 0 saturated heterocycles. The van der Waals surface area contributed by atoms with Gasteiger partial charge in [0.2, 0.25) is 5.91 Å². The second-order valence-electron chi connectivity index (χ2n) is 3.42. The predicted molar refractivity (Wildman–Crippen MR) is 70.2 cm³/mol. The van der Waals surface area contributed by atoms with Crippen molar-refractivity contribution in [2.24, 2.45) is 0 Å². The molecule has 1 amide bonds.